The fraction of sp³-hybridized carbons (Fsp3) is 0.107. The van der Waals surface area contributed by atoms with Gasteiger partial charge in [0.05, 0.1) is 27.0 Å². The van der Waals surface area contributed by atoms with Crippen molar-refractivity contribution in [3.8, 4) is 17.1 Å². The second-order valence-electron chi connectivity index (χ2n) is 9.07. The predicted molar refractivity (Wildman–Crippen MR) is 147 cm³/mol. The van der Waals surface area contributed by atoms with E-state index in [4.69, 9.17) is 4.98 Å². The lowest BCUT2D eigenvalue weighted by Gasteiger charge is -2.13. The molecule has 0 spiro atoms. The molecule has 0 aliphatic heterocycles. The number of aryl methyl sites for hydroxylation is 2. The summed E-state index contributed by atoms with van der Waals surface area (Å²) in [7, 11) is 1.09. The fourth-order valence-electron chi connectivity index (χ4n) is 5.04. The summed E-state index contributed by atoms with van der Waals surface area (Å²) in [6, 6.07) is 21.6. The van der Waals surface area contributed by atoms with E-state index in [0.717, 1.165) is 33.7 Å². The Morgan fingerprint density at radius 1 is 0.842 bits per heavy atom. The zero-order chi connectivity index (χ0) is 26.8. The summed E-state index contributed by atoms with van der Waals surface area (Å²) >= 11 is 0. The highest BCUT2D eigenvalue weighted by Crippen LogP contribution is 2.35. The van der Waals surface area contributed by atoms with Gasteiger partial charge in [-0.15, -0.1) is 0 Å². The maximum Gasteiger partial charge on any atom is 0.328 e. The number of hydrogen-bond donors (Lipinski definition) is 1. The standard InChI is InChI=1S/C28H23N5O4S/c1-29-38(36,37)19-10-12-23-25(15-19)33(18-9-13-24-26(14-18)32(3)28(35)31(24)2)27(30-23)22-11-8-17(16-34)20-6-4-5-7-21(20)22/h4-16,29H,1-3H3. The Hall–Kier alpha value is -4.54. The van der Waals surface area contributed by atoms with Crippen LogP contribution in [0.15, 0.2) is 82.5 Å². The number of carbonyl (C=O) groups is 1. The first-order valence-corrected chi connectivity index (χ1v) is 13.3. The Bertz CT molecular complexity index is 2100. The molecule has 6 rings (SSSR count). The molecule has 4 aromatic carbocycles. The summed E-state index contributed by atoms with van der Waals surface area (Å²) in [4.78, 5) is 29.3. The number of carbonyl (C=O) groups excluding carboxylic acids is 1. The lowest BCUT2D eigenvalue weighted by molar-refractivity contribution is 0.112. The number of fused-ring (bicyclic) bond motifs is 3. The predicted octanol–water partition coefficient (Wildman–Crippen LogP) is 3.76. The van der Waals surface area contributed by atoms with Crippen molar-refractivity contribution >= 4 is 49.1 Å². The Morgan fingerprint density at radius 3 is 2.32 bits per heavy atom. The lowest BCUT2D eigenvalue weighted by Crippen LogP contribution is -2.19. The topological polar surface area (TPSA) is 108 Å². The van der Waals surface area contributed by atoms with Gasteiger partial charge in [0.2, 0.25) is 10.0 Å². The van der Waals surface area contributed by atoms with Crippen LogP contribution in [0.5, 0.6) is 0 Å². The number of aldehydes is 1. The molecule has 2 aromatic heterocycles. The van der Waals surface area contributed by atoms with Crippen molar-refractivity contribution in [1.82, 2.24) is 23.4 Å². The van der Waals surface area contributed by atoms with Crippen molar-refractivity contribution in [2.45, 2.75) is 4.90 Å². The van der Waals surface area contributed by atoms with Crippen molar-refractivity contribution < 1.29 is 13.2 Å². The van der Waals surface area contributed by atoms with E-state index < -0.39 is 10.0 Å². The van der Waals surface area contributed by atoms with Crippen LogP contribution in [0.4, 0.5) is 0 Å². The molecule has 2 heterocycles. The van der Waals surface area contributed by atoms with E-state index in [-0.39, 0.29) is 10.6 Å². The Kier molecular flexibility index (Phi) is 5.33. The van der Waals surface area contributed by atoms with Crippen LogP contribution in [0.2, 0.25) is 0 Å². The molecule has 38 heavy (non-hydrogen) atoms. The van der Waals surface area contributed by atoms with Gasteiger partial charge in [0, 0.05) is 30.9 Å². The van der Waals surface area contributed by atoms with Gasteiger partial charge in [-0.3, -0.25) is 18.5 Å². The highest BCUT2D eigenvalue weighted by Gasteiger charge is 2.21. The molecule has 0 fully saturated rings. The number of rotatable bonds is 5. The number of nitrogens with zero attached hydrogens (tertiary/aromatic N) is 4. The molecule has 0 bridgehead atoms. The van der Waals surface area contributed by atoms with E-state index in [1.807, 2.05) is 53.1 Å². The zero-order valence-corrected chi connectivity index (χ0v) is 21.7. The highest BCUT2D eigenvalue weighted by molar-refractivity contribution is 7.89. The van der Waals surface area contributed by atoms with Gasteiger partial charge in [-0.25, -0.2) is 22.9 Å². The van der Waals surface area contributed by atoms with E-state index in [0.29, 0.717) is 28.1 Å². The quantitative estimate of drug-likeness (QED) is 0.345. The molecule has 0 atom stereocenters. The number of hydrogen-bond acceptors (Lipinski definition) is 5. The van der Waals surface area contributed by atoms with Crippen LogP contribution >= 0.6 is 0 Å². The fourth-order valence-corrected chi connectivity index (χ4v) is 5.79. The van der Waals surface area contributed by atoms with Gasteiger partial charge in [-0.1, -0.05) is 30.3 Å². The number of sulfonamides is 1. The minimum Gasteiger partial charge on any atom is -0.298 e. The molecule has 0 unspecified atom stereocenters. The lowest BCUT2D eigenvalue weighted by atomic mass is 9.99. The first-order valence-electron chi connectivity index (χ1n) is 11.8. The first kappa shape index (κ1) is 23.8. The molecule has 0 radical (unpaired) electrons. The van der Waals surface area contributed by atoms with Gasteiger partial charge in [0.25, 0.3) is 0 Å². The summed E-state index contributed by atoms with van der Waals surface area (Å²) in [5, 5.41) is 1.63. The van der Waals surface area contributed by atoms with Gasteiger partial charge in [0.1, 0.15) is 5.82 Å². The van der Waals surface area contributed by atoms with E-state index >= 15 is 0 Å². The third-order valence-corrected chi connectivity index (χ3v) is 8.46. The van der Waals surface area contributed by atoms with Gasteiger partial charge >= 0.3 is 5.69 Å². The van der Waals surface area contributed by atoms with Gasteiger partial charge < -0.3 is 0 Å². The van der Waals surface area contributed by atoms with Crippen molar-refractivity contribution in [1.29, 1.82) is 0 Å². The minimum atomic E-state index is -3.71. The highest BCUT2D eigenvalue weighted by atomic mass is 32.2. The number of aromatic nitrogens is 4. The number of imidazole rings is 2. The maximum absolute atomic E-state index is 12.7. The summed E-state index contributed by atoms with van der Waals surface area (Å²) in [5.41, 5.74) is 4.58. The normalized spacial score (nSPS) is 12.1. The Morgan fingerprint density at radius 2 is 1.58 bits per heavy atom. The smallest absolute Gasteiger partial charge is 0.298 e. The molecule has 0 aliphatic rings. The van der Waals surface area contributed by atoms with Crippen molar-refractivity contribution in [2.75, 3.05) is 7.05 Å². The van der Waals surface area contributed by atoms with Crippen LogP contribution in [0.1, 0.15) is 10.4 Å². The average molecular weight is 526 g/mol. The third-order valence-electron chi connectivity index (χ3n) is 7.04. The van der Waals surface area contributed by atoms with Crippen molar-refractivity contribution in [3.05, 3.63) is 88.8 Å². The second kappa shape index (κ2) is 8.51. The molecule has 10 heteroatoms. The zero-order valence-electron chi connectivity index (χ0n) is 20.8. The van der Waals surface area contributed by atoms with Gasteiger partial charge in [-0.2, -0.15) is 0 Å². The molecule has 0 saturated heterocycles. The second-order valence-corrected chi connectivity index (χ2v) is 11.0. The largest absolute Gasteiger partial charge is 0.328 e. The average Bonchev–Trinajstić information content (AvgIpc) is 3.42. The van der Waals surface area contributed by atoms with E-state index in [2.05, 4.69) is 4.72 Å². The third kappa shape index (κ3) is 3.41. The monoisotopic (exact) mass is 525 g/mol. The first-order chi connectivity index (χ1) is 18.2. The summed E-state index contributed by atoms with van der Waals surface area (Å²) in [6.45, 7) is 0. The molecular formula is C28H23N5O4S. The minimum absolute atomic E-state index is 0.106. The summed E-state index contributed by atoms with van der Waals surface area (Å²) < 4.78 is 32.7. The van der Waals surface area contributed by atoms with E-state index in [1.165, 1.54) is 13.1 Å². The van der Waals surface area contributed by atoms with Crippen LogP contribution in [0.3, 0.4) is 0 Å². The molecule has 9 nitrogen and oxygen atoms in total. The van der Waals surface area contributed by atoms with Crippen molar-refractivity contribution in [3.63, 3.8) is 0 Å². The maximum atomic E-state index is 12.7. The van der Waals surface area contributed by atoms with E-state index in [9.17, 15) is 18.0 Å². The Labute approximate surface area is 217 Å². The molecule has 0 aliphatic carbocycles. The SMILES string of the molecule is CNS(=O)(=O)c1ccc2nc(-c3ccc(C=O)c4ccccc34)n(-c3ccc4c(c3)n(C)c(=O)n4C)c2c1. The number of nitrogens with one attached hydrogen (secondary N) is 1. The van der Waals surface area contributed by atoms with Crippen molar-refractivity contribution in [2.24, 2.45) is 14.1 Å². The Balaban J connectivity index is 1.74. The molecular weight excluding hydrogens is 502 g/mol. The molecule has 190 valence electrons. The molecule has 0 saturated carbocycles. The van der Waals surface area contributed by atoms with Crippen LogP contribution < -0.4 is 10.4 Å². The van der Waals surface area contributed by atoms with Crippen LogP contribution in [0, 0.1) is 0 Å². The summed E-state index contributed by atoms with van der Waals surface area (Å²) in [6.07, 6.45) is 0.827. The number of benzene rings is 4. The molecule has 0 amide bonds. The van der Waals surface area contributed by atoms with E-state index in [1.54, 1.807) is 41.4 Å². The molecule has 1 N–H and O–H groups in total. The van der Waals surface area contributed by atoms with Crippen LogP contribution in [-0.4, -0.2) is 40.4 Å². The van der Waals surface area contributed by atoms with Crippen LogP contribution in [-0.2, 0) is 24.1 Å². The van der Waals surface area contributed by atoms with Gasteiger partial charge in [0.15, 0.2) is 6.29 Å². The molecule has 6 aromatic rings. The van der Waals surface area contributed by atoms with Gasteiger partial charge in [-0.05, 0) is 60.3 Å². The van der Waals surface area contributed by atoms with Crippen LogP contribution in [0.25, 0.3) is 49.9 Å². The summed E-state index contributed by atoms with van der Waals surface area (Å²) in [5.74, 6) is 0.577.